The number of hydrogen-bond acceptors (Lipinski definition) is 2. The highest BCUT2D eigenvalue weighted by Gasteiger charge is 2.15. The number of rotatable bonds is 5. The van der Waals surface area contributed by atoms with E-state index in [1.54, 1.807) is 0 Å². The molecule has 0 saturated carbocycles. The molecule has 0 aliphatic rings. The van der Waals surface area contributed by atoms with E-state index in [0.29, 0.717) is 12.1 Å². The first-order chi connectivity index (χ1) is 8.45. The quantitative estimate of drug-likeness (QED) is 0.795. The lowest BCUT2D eigenvalue weighted by atomic mass is 10.1. The summed E-state index contributed by atoms with van der Waals surface area (Å²) in [4.78, 5) is 11.5. The molecule has 0 saturated heterocycles. The van der Waals surface area contributed by atoms with Crippen LogP contribution in [0.15, 0.2) is 12.1 Å². The predicted molar refractivity (Wildman–Crippen MR) is 61.5 cm³/mol. The lowest BCUT2D eigenvalue weighted by Crippen LogP contribution is -2.37. The van der Waals surface area contributed by atoms with Crippen LogP contribution in [0.3, 0.4) is 0 Å². The molecule has 3 N–H and O–H groups in total. The van der Waals surface area contributed by atoms with E-state index in [0.717, 1.165) is 12.8 Å². The van der Waals surface area contributed by atoms with E-state index < -0.39 is 23.4 Å². The van der Waals surface area contributed by atoms with Crippen LogP contribution in [-0.4, -0.2) is 18.5 Å². The van der Waals surface area contributed by atoms with E-state index in [1.165, 1.54) is 0 Å². The van der Waals surface area contributed by atoms with Gasteiger partial charge in [0.25, 0.3) is 5.91 Å². The maximum atomic E-state index is 12.9. The van der Waals surface area contributed by atoms with Crippen LogP contribution >= 0.6 is 0 Å². The van der Waals surface area contributed by atoms with Crippen LogP contribution < -0.4 is 11.1 Å². The molecule has 1 rings (SSSR count). The van der Waals surface area contributed by atoms with Crippen molar-refractivity contribution in [1.82, 2.24) is 5.32 Å². The molecule has 0 aliphatic heterocycles. The number of amides is 1. The first-order valence-electron chi connectivity index (χ1n) is 5.64. The molecule has 100 valence electrons. The van der Waals surface area contributed by atoms with Crippen LogP contribution in [0.1, 0.15) is 30.1 Å². The van der Waals surface area contributed by atoms with Gasteiger partial charge in [-0.2, -0.15) is 0 Å². The maximum Gasteiger partial charge on any atom is 0.251 e. The summed E-state index contributed by atoms with van der Waals surface area (Å²) in [6.45, 7) is 2.15. The molecule has 6 heteroatoms. The van der Waals surface area contributed by atoms with Crippen LogP contribution in [0.5, 0.6) is 0 Å². The van der Waals surface area contributed by atoms with E-state index in [-0.39, 0.29) is 18.2 Å². The average molecular weight is 260 g/mol. The Balaban J connectivity index is 2.67. The zero-order valence-corrected chi connectivity index (χ0v) is 9.97. The van der Waals surface area contributed by atoms with Gasteiger partial charge in [-0.05, 0) is 18.6 Å². The van der Waals surface area contributed by atoms with Gasteiger partial charge in [0.2, 0.25) is 0 Å². The van der Waals surface area contributed by atoms with E-state index in [9.17, 15) is 18.0 Å². The van der Waals surface area contributed by atoms with Gasteiger partial charge < -0.3 is 11.1 Å². The van der Waals surface area contributed by atoms with Crippen molar-refractivity contribution in [1.29, 1.82) is 0 Å². The van der Waals surface area contributed by atoms with Gasteiger partial charge in [0.1, 0.15) is 0 Å². The van der Waals surface area contributed by atoms with Gasteiger partial charge in [-0.3, -0.25) is 4.79 Å². The Labute approximate surface area is 103 Å². The number of benzene rings is 1. The molecule has 0 heterocycles. The van der Waals surface area contributed by atoms with Crippen LogP contribution in [0.25, 0.3) is 0 Å². The molecule has 1 aromatic rings. The van der Waals surface area contributed by atoms with Gasteiger partial charge in [0.15, 0.2) is 17.5 Å². The molecule has 0 fully saturated rings. The van der Waals surface area contributed by atoms with Crippen LogP contribution in [0.2, 0.25) is 0 Å². The molecule has 1 atom stereocenters. The fourth-order valence-corrected chi connectivity index (χ4v) is 1.49. The zero-order valence-electron chi connectivity index (χ0n) is 9.97. The van der Waals surface area contributed by atoms with Crippen molar-refractivity contribution in [3.05, 3.63) is 35.1 Å². The van der Waals surface area contributed by atoms with Gasteiger partial charge >= 0.3 is 0 Å². The SMILES string of the molecule is CCCC(N)CNC(=O)c1cc(F)c(F)c(F)c1. The van der Waals surface area contributed by atoms with Crippen molar-refractivity contribution in [2.75, 3.05) is 6.54 Å². The Bertz CT molecular complexity index is 414. The summed E-state index contributed by atoms with van der Waals surface area (Å²) in [6.07, 6.45) is 1.60. The van der Waals surface area contributed by atoms with Gasteiger partial charge in [0.05, 0.1) is 0 Å². The van der Waals surface area contributed by atoms with Crippen LogP contribution in [0.4, 0.5) is 13.2 Å². The third-order valence-electron chi connectivity index (χ3n) is 2.43. The molecule has 1 unspecified atom stereocenters. The lowest BCUT2D eigenvalue weighted by Gasteiger charge is -2.11. The summed E-state index contributed by atoms with van der Waals surface area (Å²) in [7, 11) is 0. The van der Waals surface area contributed by atoms with E-state index in [4.69, 9.17) is 5.73 Å². The minimum Gasteiger partial charge on any atom is -0.350 e. The minimum atomic E-state index is -1.59. The molecule has 1 amide bonds. The van der Waals surface area contributed by atoms with Gasteiger partial charge in [-0.1, -0.05) is 13.3 Å². The summed E-state index contributed by atoms with van der Waals surface area (Å²) in [6, 6.07) is 1.09. The fraction of sp³-hybridized carbons (Fsp3) is 0.417. The number of nitrogens with one attached hydrogen (secondary N) is 1. The number of halogens is 3. The van der Waals surface area contributed by atoms with Gasteiger partial charge in [0, 0.05) is 18.2 Å². The highest BCUT2D eigenvalue weighted by molar-refractivity contribution is 5.94. The fourth-order valence-electron chi connectivity index (χ4n) is 1.49. The van der Waals surface area contributed by atoms with E-state index >= 15 is 0 Å². The maximum absolute atomic E-state index is 12.9. The first-order valence-corrected chi connectivity index (χ1v) is 5.64. The zero-order chi connectivity index (χ0) is 13.7. The molecule has 0 aliphatic carbocycles. The highest BCUT2D eigenvalue weighted by Crippen LogP contribution is 2.13. The second-order valence-corrected chi connectivity index (χ2v) is 4.01. The highest BCUT2D eigenvalue weighted by atomic mass is 19.2. The molecule has 0 bridgehead atoms. The minimum absolute atomic E-state index is 0.202. The second kappa shape index (κ2) is 6.39. The predicted octanol–water partition coefficient (Wildman–Crippen LogP) is 1.96. The van der Waals surface area contributed by atoms with Gasteiger partial charge in [-0.15, -0.1) is 0 Å². The number of carbonyl (C=O) groups excluding carboxylic acids is 1. The average Bonchev–Trinajstić information content (AvgIpc) is 2.32. The molecular weight excluding hydrogens is 245 g/mol. The Kier molecular flexibility index (Phi) is 5.15. The molecule has 18 heavy (non-hydrogen) atoms. The summed E-state index contributed by atoms with van der Waals surface area (Å²) in [5.41, 5.74) is 5.40. The molecule has 1 aromatic carbocycles. The topological polar surface area (TPSA) is 55.1 Å². The van der Waals surface area contributed by atoms with Crippen molar-refractivity contribution in [3.8, 4) is 0 Å². The van der Waals surface area contributed by atoms with E-state index in [2.05, 4.69) is 5.32 Å². The van der Waals surface area contributed by atoms with Crippen LogP contribution in [-0.2, 0) is 0 Å². The monoisotopic (exact) mass is 260 g/mol. The van der Waals surface area contributed by atoms with Crippen molar-refractivity contribution in [2.45, 2.75) is 25.8 Å². The Morgan fingerprint density at radius 3 is 2.39 bits per heavy atom. The van der Waals surface area contributed by atoms with Crippen molar-refractivity contribution in [3.63, 3.8) is 0 Å². The number of carbonyl (C=O) groups is 1. The Morgan fingerprint density at radius 1 is 1.33 bits per heavy atom. The molecule has 0 aromatic heterocycles. The standard InChI is InChI=1S/C12H15F3N2O/c1-2-3-8(16)6-17-12(18)7-4-9(13)11(15)10(14)5-7/h4-5,8H,2-3,6,16H2,1H3,(H,17,18). The normalized spacial score (nSPS) is 12.3. The van der Waals surface area contributed by atoms with Crippen molar-refractivity contribution < 1.29 is 18.0 Å². The largest absolute Gasteiger partial charge is 0.350 e. The molecular formula is C12H15F3N2O. The second-order valence-electron chi connectivity index (χ2n) is 4.01. The van der Waals surface area contributed by atoms with Crippen molar-refractivity contribution >= 4 is 5.91 Å². The molecule has 0 radical (unpaired) electrons. The summed E-state index contributed by atoms with van der Waals surface area (Å²) < 4.78 is 38.5. The Hall–Kier alpha value is -1.56. The van der Waals surface area contributed by atoms with E-state index in [1.807, 2.05) is 6.92 Å². The summed E-state index contributed by atoms with van der Waals surface area (Å²) in [5, 5.41) is 2.44. The summed E-state index contributed by atoms with van der Waals surface area (Å²) in [5.74, 6) is -5.05. The number of hydrogen-bond donors (Lipinski definition) is 2. The third-order valence-corrected chi connectivity index (χ3v) is 2.43. The van der Waals surface area contributed by atoms with Crippen LogP contribution in [0, 0.1) is 17.5 Å². The molecule has 0 spiro atoms. The number of nitrogens with two attached hydrogens (primary N) is 1. The van der Waals surface area contributed by atoms with Gasteiger partial charge in [-0.25, -0.2) is 13.2 Å². The summed E-state index contributed by atoms with van der Waals surface area (Å²) >= 11 is 0. The lowest BCUT2D eigenvalue weighted by molar-refractivity contribution is 0.0949. The Morgan fingerprint density at radius 2 is 1.89 bits per heavy atom. The third kappa shape index (κ3) is 3.73. The molecule has 3 nitrogen and oxygen atoms in total. The van der Waals surface area contributed by atoms with Crippen molar-refractivity contribution in [2.24, 2.45) is 5.73 Å². The smallest absolute Gasteiger partial charge is 0.251 e. The first kappa shape index (κ1) is 14.5.